The van der Waals surface area contributed by atoms with Crippen LogP contribution in [0, 0.1) is 10.2 Å². The maximum Gasteiger partial charge on any atom is 0.179 e. The molecule has 0 fully saturated rings. The number of fused-ring (bicyclic) bond motifs is 1. The molecule has 2 N–H and O–H groups in total. The minimum absolute atomic E-state index is 0.271. The third kappa shape index (κ3) is 3.48. The molecule has 0 radical (unpaired) electrons. The van der Waals surface area contributed by atoms with Gasteiger partial charge >= 0.3 is 0 Å². The highest BCUT2D eigenvalue weighted by Crippen LogP contribution is 2.30. The Bertz CT molecular complexity index is 1100. The predicted molar refractivity (Wildman–Crippen MR) is 105 cm³/mol. The molecule has 0 spiro atoms. The van der Waals surface area contributed by atoms with E-state index < -0.39 is 0 Å². The first kappa shape index (κ1) is 18.8. The van der Waals surface area contributed by atoms with Crippen molar-refractivity contribution in [3.05, 3.63) is 46.2 Å². The highest BCUT2D eigenvalue weighted by molar-refractivity contribution is 7.71. The summed E-state index contributed by atoms with van der Waals surface area (Å²) < 4.78 is 23.5. The Balaban J connectivity index is 2.15. The first-order chi connectivity index (χ1) is 13.0. The first-order valence-electron chi connectivity index (χ1n) is 8.16. The maximum absolute atomic E-state index is 8.65. The van der Waals surface area contributed by atoms with Gasteiger partial charge < -0.3 is 23.9 Å². The summed E-state index contributed by atoms with van der Waals surface area (Å²) in [5, 5.41) is 9.32. The van der Waals surface area contributed by atoms with E-state index >= 15 is 0 Å². The number of H-pyrrole nitrogens is 1. The molecular weight excluding hydrogens is 366 g/mol. The molecule has 0 atom stereocenters. The summed E-state index contributed by atoms with van der Waals surface area (Å²) in [6.07, 6.45) is 0. The van der Waals surface area contributed by atoms with Gasteiger partial charge in [0.15, 0.2) is 16.3 Å². The third-order valence-electron chi connectivity index (χ3n) is 4.36. The molecule has 0 aliphatic rings. The lowest BCUT2D eigenvalue weighted by Gasteiger charge is -2.15. The van der Waals surface area contributed by atoms with Crippen LogP contribution in [0.4, 0.5) is 0 Å². The van der Waals surface area contributed by atoms with Gasteiger partial charge in [-0.1, -0.05) is 0 Å². The topological polar surface area (TPSA) is 81.5 Å². The summed E-state index contributed by atoms with van der Waals surface area (Å²) in [5.41, 5.74) is 1.87. The van der Waals surface area contributed by atoms with Crippen molar-refractivity contribution in [1.82, 2.24) is 9.55 Å². The smallest absolute Gasteiger partial charge is 0.179 e. The number of ether oxygens (including phenoxy) is 4. The van der Waals surface area contributed by atoms with Crippen LogP contribution >= 0.6 is 12.2 Å². The average Bonchev–Trinajstić information content (AvgIpc) is 2.70. The molecule has 2 aromatic carbocycles. The van der Waals surface area contributed by atoms with Crippen LogP contribution in [0.1, 0.15) is 5.56 Å². The Kier molecular flexibility index (Phi) is 5.36. The first-order valence-corrected chi connectivity index (χ1v) is 8.57. The van der Waals surface area contributed by atoms with Crippen LogP contribution in [-0.4, -0.2) is 38.0 Å². The van der Waals surface area contributed by atoms with E-state index in [2.05, 4.69) is 4.98 Å². The lowest BCUT2D eigenvalue weighted by molar-refractivity contribution is 0.355. The Hall–Kier alpha value is -3.00. The molecule has 0 saturated carbocycles. The van der Waals surface area contributed by atoms with E-state index in [1.807, 2.05) is 12.1 Å². The second kappa shape index (κ2) is 7.71. The molecule has 1 aromatic heterocycles. The minimum Gasteiger partial charge on any atom is -0.497 e. The van der Waals surface area contributed by atoms with Gasteiger partial charge in [-0.05, 0) is 30.4 Å². The van der Waals surface area contributed by atoms with Gasteiger partial charge in [0.25, 0.3) is 0 Å². The van der Waals surface area contributed by atoms with E-state index in [0.717, 1.165) is 5.56 Å². The highest BCUT2D eigenvalue weighted by atomic mass is 32.1. The molecule has 0 unspecified atom stereocenters. The SMILES string of the molecule is COc1ccc(Cn2c(=S)[nH]c3cc(OC)c(OC)cc3c2=N)c(OC)c1. The van der Waals surface area contributed by atoms with Gasteiger partial charge in [-0.2, -0.15) is 0 Å². The number of hydrogen-bond acceptors (Lipinski definition) is 6. The zero-order valence-electron chi connectivity index (χ0n) is 15.6. The van der Waals surface area contributed by atoms with E-state index in [0.29, 0.717) is 45.2 Å². The van der Waals surface area contributed by atoms with E-state index in [4.69, 9.17) is 36.6 Å². The van der Waals surface area contributed by atoms with Crippen molar-refractivity contribution >= 4 is 23.1 Å². The van der Waals surface area contributed by atoms with Crippen molar-refractivity contribution in [3.8, 4) is 23.0 Å². The van der Waals surface area contributed by atoms with Crippen LogP contribution in [0.2, 0.25) is 0 Å². The summed E-state index contributed by atoms with van der Waals surface area (Å²) in [5.74, 6) is 2.50. The predicted octanol–water partition coefficient (Wildman–Crippen LogP) is 3.26. The Labute approximate surface area is 161 Å². The van der Waals surface area contributed by atoms with Gasteiger partial charge in [0.2, 0.25) is 0 Å². The van der Waals surface area contributed by atoms with Gasteiger partial charge in [0, 0.05) is 23.1 Å². The number of rotatable bonds is 6. The van der Waals surface area contributed by atoms with Crippen LogP contribution < -0.4 is 24.4 Å². The molecule has 0 aliphatic carbocycles. The fourth-order valence-corrected chi connectivity index (χ4v) is 3.18. The fourth-order valence-electron chi connectivity index (χ4n) is 2.91. The summed E-state index contributed by atoms with van der Waals surface area (Å²) in [4.78, 5) is 3.16. The molecule has 142 valence electrons. The number of hydrogen-bond donors (Lipinski definition) is 2. The van der Waals surface area contributed by atoms with Crippen LogP contribution in [0.15, 0.2) is 30.3 Å². The van der Waals surface area contributed by atoms with E-state index in [1.165, 1.54) is 0 Å². The van der Waals surface area contributed by atoms with Crippen molar-refractivity contribution in [3.63, 3.8) is 0 Å². The molecule has 8 heteroatoms. The van der Waals surface area contributed by atoms with Gasteiger partial charge in [0.05, 0.1) is 40.5 Å². The molecule has 0 aliphatic heterocycles. The monoisotopic (exact) mass is 387 g/mol. The second-order valence-electron chi connectivity index (χ2n) is 5.80. The molecule has 27 heavy (non-hydrogen) atoms. The van der Waals surface area contributed by atoms with Crippen molar-refractivity contribution in [2.45, 2.75) is 6.54 Å². The zero-order chi connectivity index (χ0) is 19.6. The van der Waals surface area contributed by atoms with Crippen molar-refractivity contribution in [2.75, 3.05) is 28.4 Å². The molecule has 7 nitrogen and oxygen atoms in total. The molecule has 0 amide bonds. The highest BCUT2D eigenvalue weighted by Gasteiger charge is 2.12. The van der Waals surface area contributed by atoms with Crippen molar-refractivity contribution < 1.29 is 18.9 Å². The molecule has 0 saturated heterocycles. The van der Waals surface area contributed by atoms with E-state index in [1.54, 1.807) is 51.2 Å². The fraction of sp³-hybridized carbons (Fsp3) is 0.263. The molecular formula is C19H21N3O4S. The van der Waals surface area contributed by atoms with E-state index in [9.17, 15) is 0 Å². The zero-order valence-corrected chi connectivity index (χ0v) is 16.4. The van der Waals surface area contributed by atoms with Gasteiger partial charge in [0.1, 0.15) is 17.0 Å². The molecule has 3 aromatic rings. The quantitative estimate of drug-likeness (QED) is 0.635. The summed E-state index contributed by atoms with van der Waals surface area (Å²) >= 11 is 5.48. The third-order valence-corrected chi connectivity index (χ3v) is 4.68. The van der Waals surface area contributed by atoms with Crippen molar-refractivity contribution in [2.24, 2.45) is 0 Å². The number of aromatic amines is 1. The largest absolute Gasteiger partial charge is 0.497 e. The normalized spacial score (nSPS) is 10.7. The maximum atomic E-state index is 8.65. The van der Waals surface area contributed by atoms with Gasteiger partial charge in [-0.15, -0.1) is 0 Å². The number of benzene rings is 2. The van der Waals surface area contributed by atoms with Gasteiger partial charge in [-0.25, -0.2) is 0 Å². The second-order valence-corrected chi connectivity index (χ2v) is 6.18. The van der Waals surface area contributed by atoms with Gasteiger partial charge in [-0.3, -0.25) is 9.98 Å². The average molecular weight is 387 g/mol. The summed E-state index contributed by atoms with van der Waals surface area (Å²) in [7, 11) is 6.34. The Morgan fingerprint density at radius 2 is 1.59 bits per heavy atom. The van der Waals surface area contributed by atoms with Crippen molar-refractivity contribution in [1.29, 1.82) is 5.41 Å². The number of aromatic nitrogens is 2. The molecule has 3 rings (SSSR count). The number of methoxy groups -OCH3 is 4. The Morgan fingerprint density at radius 1 is 0.926 bits per heavy atom. The summed E-state index contributed by atoms with van der Waals surface area (Å²) in [6.45, 7) is 0.381. The number of nitrogens with one attached hydrogen (secondary N) is 2. The minimum atomic E-state index is 0.271. The van der Waals surface area contributed by atoms with Crippen LogP contribution in [0.5, 0.6) is 23.0 Å². The lowest BCUT2D eigenvalue weighted by Crippen LogP contribution is -2.23. The lowest BCUT2D eigenvalue weighted by atomic mass is 10.1. The molecule has 1 heterocycles. The Morgan fingerprint density at radius 3 is 2.22 bits per heavy atom. The molecule has 0 bridgehead atoms. The van der Waals surface area contributed by atoms with E-state index in [-0.39, 0.29) is 5.49 Å². The summed E-state index contributed by atoms with van der Waals surface area (Å²) in [6, 6.07) is 9.10. The standard InChI is InChI=1S/C19H21N3O4S/c1-23-12-6-5-11(15(7-12)24-2)10-22-18(20)13-8-16(25-3)17(26-4)9-14(13)21-19(22)27/h5-9,20H,10H2,1-4H3,(H,21,27). The number of nitrogens with zero attached hydrogens (tertiary/aromatic N) is 1. The van der Waals surface area contributed by atoms with Crippen LogP contribution in [-0.2, 0) is 6.54 Å². The van der Waals surface area contributed by atoms with Crippen LogP contribution in [0.25, 0.3) is 10.9 Å². The van der Waals surface area contributed by atoms with Crippen LogP contribution in [0.3, 0.4) is 0 Å².